The molecule has 1 atom stereocenters. The molecule has 1 nitrogen and oxygen atoms in total. The van der Waals surface area contributed by atoms with Gasteiger partial charge in [0.25, 0.3) is 0 Å². The molecule has 1 N–H and O–H groups in total. The van der Waals surface area contributed by atoms with Crippen LogP contribution in [0.4, 0.5) is 4.39 Å². The van der Waals surface area contributed by atoms with Gasteiger partial charge in [0.05, 0.1) is 6.67 Å². The predicted octanol–water partition coefficient (Wildman–Crippen LogP) is 2.13. The van der Waals surface area contributed by atoms with E-state index in [1.165, 1.54) is 19.3 Å². The van der Waals surface area contributed by atoms with Crippen LogP contribution in [0.2, 0.25) is 0 Å². The van der Waals surface area contributed by atoms with Gasteiger partial charge in [0.2, 0.25) is 0 Å². The molecule has 11 heavy (non-hydrogen) atoms. The highest BCUT2D eigenvalue weighted by Crippen LogP contribution is 2.16. The van der Waals surface area contributed by atoms with Crippen LogP contribution in [0.3, 0.4) is 0 Å². The van der Waals surface area contributed by atoms with Crippen LogP contribution in [0.25, 0.3) is 0 Å². The lowest BCUT2D eigenvalue weighted by molar-refractivity contribution is 0.384. The van der Waals surface area contributed by atoms with E-state index in [4.69, 9.17) is 0 Å². The smallest absolute Gasteiger partial charge is 0.0894 e. The van der Waals surface area contributed by atoms with E-state index in [2.05, 4.69) is 5.32 Å². The Labute approximate surface area is 68.4 Å². The van der Waals surface area contributed by atoms with Crippen LogP contribution in [-0.4, -0.2) is 19.8 Å². The third-order valence-corrected chi connectivity index (χ3v) is 2.39. The summed E-state index contributed by atoms with van der Waals surface area (Å²) in [6.07, 6.45) is 5.75. The molecular weight excluding hydrogens is 141 g/mol. The molecule has 1 heterocycles. The van der Waals surface area contributed by atoms with Gasteiger partial charge in [0, 0.05) is 0 Å². The summed E-state index contributed by atoms with van der Waals surface area (Å²) in [4.78, 5) is 0. The van der Waals surface area contributed by atoms with E-state index < -0.39 is 0 Å². The van der Waals surface area contributed by atoms with E-state index in [9.17, 15) is 4.39 Å². The molecule has 1 rings (SSSR count). The minimum Gasteiger partial charge on any atom is -0.316 e. The molecule has 0 bridgehead atoms. The Balaban J connectivity index is 2.09. The van der Waals surface area contributed by atoms with E-state index in [1.54, 1.807) is 0 Å². The van der Waals surface area contributed by atoms with Crippen molar-refractivity contribution < 1.29 is 4.39 Å². The molecule has 0 aliphatic carbocycles. The Morgan fingerprint density at radius 1 is 1.36 bits per heavy atom. The molecule has 1 aliphatic rings. The van der Waals surface area contributed by atoms with Gasteiger partial charge < -0.3 is 5.32 Å². The van der Waals surface area contributed by atoms with E-state index >= 15 is 0 Å². The standard InChI is InChI=1S/C9H18FN/c10-6-3-5-9-4-1-2-7-11-8-9/h9,11H,1-8H2. The summed E-state index contributed by atoms with van der Waals surface area (Å²) < 4.78 is 11.8. The summed E-state index contributed by atoms with van der Waals surface area (Å²) in [5.74, 6) is 0.744. The molecule has 0 aromatic heterocycles. The molecule has 0 spiro atoms. The van der Waals surface area contributed by atoms with Crippen molar-refractivity contribution in [2.24, 2.45) is 5.92 Å². The molecule has 0 aromatic carbocycles. The summed E-state index contributed by atoms with van der Waals surface area (Å²) in [7, 11) is 0. The number of hydrogen-bond donors (Lipinski definition) is 1. The van der Waals surface area contributed by atoms with Gasteiger partial charge in [-0.2, -0.15) is 0 Å². The molecule has 2 heteroatoms. The zero-order valence-electron chi connectivity index (χ0n) is 7.11. The van der Waals surface area contributed by atoms with Crippen LogP contribution in [0.15, 0.2) is 0 Å². The summed E-state index contributed by atoms with van der Waals surface area (Å²) in [5, 5.41) is 3.38. The van der Waals surface area contributed by atoms with Gasteiger partial charge in [-0.15, -0.1) is 0 Å². The van der Waals surface area contributed by atoms with Crippen LogP contribution in [0.5, 0.6) is 0 Å². The quantitative estimate of drug-likeness (QED) is 0.665. The van der Waals surface area contributed by atoms with E-state index in [0.29, 0.717) is 0 Å². The van der Waals surface area contributed by atoms with Gasteiger partial charge in [-0.25, -0.2) is 0 Å². The zero-order valence-corrected chi connectivity index (χ0v) is 7.11. The van der Waals surface area contributed by atoms with Gasteiger partial charge in [0.15, 0.2) is 0 Å². The van der Waals surface area contributed by atoms with Crippen molar-refractivity contribution in [2.45, 2.75) is 32.1 Å². The van der Waals surface area contributed by atoms with Crippen molar-refractivity contribution in [3.8, 4) is 0 Å². The average molecular weight is 159 g/mol. The molecular formula is C9H18FN. The number of rotatable bonds is 3. The lowest BCUT2D eigenvalue weighted by Crippen LogP contribution is -2.20. The predicted molar refractivity (Wildman–Crippen MR) is 45.4 cm³/mol. The molecule has 1 unspecified atom stereocenters. The van der Waals surface area contributed by atoms with E-state index in [-0.39, 0.29) is 6.67 Å². The minimum atomic E-state index is -0.142. The largest absolute Gasteiger partial charge is 0.316 e. The first-order valence-electron chi connectivity index (χ1n) is 4.70. The Morgan fingerprint density at radius 2 is 2.27 bits per heavy atom. The van der Waals surface area contributed by atoms with E-state index in [0.717, 1.165) is 31.8 Å². The molecule has 0 saturated carbocycles. The molecule has 0 aromatic rings. The van der Waals surface area contributed by atoms with Crippen molar-refractivity contribution in [3.63, 3.8) is 0 Å². The number of halogens is 1. The van der Waals surface area contributed by atoms with Crippen LogP contribution in [0, 0.1) is 5.92 Å². The highest BCUT2D eigenvalue weighted by molar-refractivity contribution is 4.67. The topological polar surface area (TPSA) is 12.0 Å². The maximum atomic E-state index is 11.8. The van der Waals surface area contributed by atoms with Crippen LogP contribution in [0.1, 0.15) is 32.1 Å². The van der Waals surface area contributed by atoms with Crippen molar-refractivity contribution in [3.05, 3.63) is 0 Å². The third-order valence-electron chi connectivity index (χ3n) is 2.39. The Kier molecular flexibility index (Phi) is 4.51. The second kappa shape index (κ2) is 5.53. The molecule has 1 aliphatic heterocycles. The van der Waals surface area contributed by atoms with Crippen molar-refractivity contribution in [1.29, 1.82) is 0 Å². The van der Waals surface area contributed by atoms with Crippen molar-refractivity contribution >= 4 is 0 Å². The van der Waals surface area contributed by atoms with Gasteiger partial charge in [-0.05, 0) is 44.7 Å². The first kappa shape index (κ1) is 8.98. The number of nitrogens with one attached hydrogen (secondary N) is 1. The zero-order chi connectivity index (χ0) is 7.94. The lowest BCUT2D eigenvalue weighted by Gasteiger charge is -2.11. The second-order valence-corrected chi connectivity index (χ2v) is 3.40. The summed E-state index contributed by atoms with van der Waals surface area (Å²) >= 11 is 0. The molecule has 66 valence electrons. The minimum absolute atomic E-state index is 0.142. The number of alkyl halides is 1. The van der Waals surface area contributed by atoms with Gasteiger partial charge in [-0.1, -0.05) is 6.42 Å². The fraction of sp³-hybridized carbons (Fsp3) is 1.00. The summed E-state index contributed by atoms with van der Waals surface area (Å²) in [6.45, 7) is 2.13. The van der Waals surface area contributed by atoms with E-state index in [1.807, 2.05) is 0 Å². The number of hydrogen-bond acceptors (Lipinski definition) is 1. The van der Waals surface area contributed by atoms with Gasteiger partial charge >= 0.3 is 0 Å². The molecule has 0 amide bonds. The molecule has 1 saturated heterocycles. The highest BCUT2D eigenvalue weighted by atomic mass is 19.1. The molecule has 0 radical (unpaired) electrons. The normalized spacial score (nSPS) is 26.5. The lowest BCUT2D eigenvalue weighted by atomic mass is 9.98. The Morgan fingerprint density at radius 3 is 3.09 bits per heavy atom. The highest BCUT2D eigenvalue weighted by Gasteiger charge is 2.10. The second-order valence-electron chi connectivity index (χ2n) is 3.40. The van der Waals surface area contributed by atoms with Crippen LogP contribution < -0.4 is 5.32 Å². The third kappa shape index (κ3) is 3.71. The van der Waals surface area contributed by atoms with Crippen molar-refractivity contribution in [2.75, 3.05) is 19.8 Å². The SMILES string of the molecule is FCCCC1CCCCNC1. The Hall–Kier alpha value is -0.110. The van der Waals surface area contributed by atoms with Crippen LogP contribution >= 0.6 is 0 Å². The van der Waals surface area contributed by atoms with Gasteiger partial charge in [0.1, 0.15) is 0 Å². The monoisotopic (exact) mass is 159 g/mol. The maximum Gasteiger partial charge on any atom is 0.0894 e. The fourth-order valence-electron chi connectivity index (χ4n) is 1.70. The Bertz CT molecular complexity index is 87.6. The van der Waals surface area contributed by atoms with Crippen LogP contribution in [-0.2, 0) is 0 Å². The van der Waals surface area contributed by atoms with Gasteiger partial charge in [-0.3, -0.25) is 4.39 Å². The van der Waals surface area contributed by atoms with Crippen molar-refractivity contribution in [1.82, 2.24) is 5.32 Å². The average Bonchev–Trinajstić information content (AvgIpc) is 2.28. The first-order chi connectivity index (χ1) is 5.43. The first-order valence-corrected chi connectivity index (χ1v) is 4.70. The summed E-state index contributed by atoms with van der Waals surface area (Å²) in [5.41, 5.74) is 0. The summed E-state index contributed by atoms with van der Waals surface area (Å²) in [6, 6.07) is 0. The maximum absolute atomic E-state index is 11.8. The molecule has 1 fully saturated rings. The fourth-order valence-corrected chi connectivity index (χ4v) is 1.70.